The van der Waals surface area contributed by atoms with Gasteiger partial charge in [-0.05, 0) is 36.6 Å². The second-order valence-electron chi connectivity index (χ2n) is 5.48. The summed E-state index contributed by atoms with van der Waals surface area (Å²) in [6, 6.07) is 14.3. The van der Waals surface area contributed by atoms with Gasteiger partial charge in [-0.1, -0.05) is 30.3 Å². The van der Waals surface area contributed by atoms with Crippen LogP contribution in [0, 0.1) is 0 Å². The molecule has 4 nitrogen and oxygen atoms in total. The summed E-state index contributed by atoms with van der Waals surface area (Å²) in [5, 5.41) is 6.00. The minimum Gasteiger partial charge on any atom is -0.335 e. The number of nitrogens with zero attached hydrogens (tertiary/aromatic N) is 1. The van der Waals surface area contributed by atoms with Crippen LogP contribution in [0.1, 0.15) is 36.4 Å². The lowest BCUT2D eigenvalue weighted by Crippen LogP contribution is -2.38. The first kappa shape index (κ1) is 13.6. The van der Waals surface area contributed by atoms with Crippen LogP contribution in [0.2, 0.25) is 0 Å². The molecular weight excluding hydrogens is 262 g/mol. The molecule has 2 N–H and O–H groups in total. The van der Waals surface area contributed by atoms with Gasteiger partial charge in [-0.25, -0.2) is 4.79 Å². The lowest BCUT2D eigenvalue weighted by Gasteiger charge is -2.14. The molecule has 0 aliphatic heterocycles. The fourth-order valence-corrected chi connectivity index (χ4v) is 2.57. The number of nitrogens with one attached hydrogen (secondary N) is 2. The summed E-state index contributed by atoms with van der Waals surface area (Å²) in [5.41, 5.74) is 2.35. The molecule has 0 bridgehead atoms. The van der Waals surface area contributed by atoms with Crippen LogP contribution in [0.15, 0.2) is 54.9 Å². The second kappa shape index (κ2) is 5.95. The molecule has 1 saturated carbocycles. The van der Waals surface area contributed by atoms with Crippen LogP contribution in [0.3, 0.4) is 0 Å². The number of pyridine rings is 1. The third-order valence-corrected chi connectivity index (χ3v) is 3.89. The number of benzene rings is 1. The summed E-state index contributed by atoms with van der Waals surface area (Å²) in [6.07, 6.45) is 4.48. The van der Waals surface area contributed by atoms with Crippen molar-refractivity contribution in [1.29, 1.82) is 0 Å². The number of carbonyl (C=O) groups excluding carboxylic acids is 1. The normalized spacial score (nSPS) is 21.4. The highest BCUT2D eigenvalue weighted by Gasteiger charge is 2.39. The van der Waals surface area contributed by atoms with E-state index in [9.17, 15) is 4.79 Å². The van der Waals surface area contributed by atoms with E-state index in [1.54, 1.807) is 12.4 Å². The predicted molar refractivity (Wildman–Crippen MR) is 81.9 cm³/mol. The van der Waals surface area contributed by atoms with E-state index in [0.29, 0.717) is 5.92 Å². The number of carbonyl (C=O) groups is 1. The van der Waals surface area contributed by atoms with Crippen LogP contribution in [-0.2, 0) is 0 Å². The molecule has 1 aromatic carbocycles. The molecule has 1 aliphatic rings. The van der Waals surface area contributed by atoms with E-state index >= 15 is 0 Å². The van der Waals surface area contributed by atoms with E-state index < -0.39 is 0 Å². The first-order valence-corrected chi connectivity index (χ1v) is 7.26. The van der Waals surface area contributed by atoms with E-state index in [1.165, 1.54) is 5.56 Å². The molecule has 2 aromatic rings. The van der Waals surface area contributed by atoms with Gasteiger partial charge in [-0.15, -0.1) is 0 Å². The average Bonchev–Trinajstić information content (AvgIpc) is 3.28. The Morgan fingerprint density at radius 2 is 1.90 bits per heavy atom. The van der Waals surface area contributed by atoms with Crippen LogP contribution < -0.4 is 10.6 Å². The van der Waals surface area contributed by atoms with Crippen molar-refractivity contribution in [3.63, 3.8) is 0 Å². The van der Waals surface area contributed by atoms with Crippen molar-refractivity contribution in [1.82, 2.24) is 15.6 Å². The molecule has 0 saturated heterocycles. The van der Waals surface area contributed by atoms with Gasteiger partial charge in [0.05, 0.1) is 6.04 Å². The van der Waals surface area contributed by atoms with Crippen molar-refractivity contribution in [2.75, 3.05) is 0 Å². The molecule has 1 aliphatic carbocycles. The number of hydrogen-bond donors (Lipinski definition) is 2. The molecule has 1 heterocycles. The maximum Gasteiger partial charge on any atom is 0.315 e. The molecule has 2 amide bonds. The first-order valence-electron chi connectivity index (χ1n) is 7.26. The largest absolute Gasteiger partial charge is 0.335 e. The molecule has 108 valence electrons. The van der Waals surface area contributed by atoms with Crippen LogP contribution in [-0.4, -0.2) is 17.1 Å². The van der Waals surface area contributed by atoms with E-state index in [2.05, 4.69) is 27.8 Å². The summed E-state index contributed by atoms with van der Waals surface area (Å²) in [5.74, 6) is 0.452. The fraction of sp³-hybridized carbons (Fsp3) is 0.294. The highest BCUT2D eigenvalue weighted by Crippen LogP contribution is 2.40. The van der Waals surface area contributed by atoms with Crippen molar-refractivity contribution in [2.45, 2.75) is 31.3 Å². The van der Waals surface area contributed by atoms with Crippen molar-refractivity contribution in [2.24, 2.45) is 0 Å². The van der Waals surface area contributed by atoms with Crippen LogP contribution in [0.5, 0.6) is 0 Å². The summed E-state index contributed by atoms with van der Waals surface area (Å²) in [7, 11) is 0. The molecule has 0 radical (unpaired) electrons. The minimum absolute atomic E-state index is 0.0260. The highest BCUT2D eigenvalue weighted by atomic mass is 16.2. The molecular formula is C17H19N3O. The van der Waals surface area contributed by atoms with E-state index in [1.807, 2.05) is 37.3 Å². The smallest absolute Gasteiger partial charge is 0.315 e. The van der Waals surface area contributed by atoms with Crippen LogP contribution in [0.4, 0.5) is 4.79 Å². The molecule has 3 rings (SSSR count). The van der Waals surface area contributed by atoms with Gasteiger partial charge in [0.25, 0.3) is 0 Å². The van der Waals surface area contributed by atoms with Gasteiger partial charge >= 0.3 is 6.03 Å². The quantitative estimate of drug-likeness (QED) is 0.905. The Bertz CT molecular complexity index is 600. The molecule has 3 atom stereocenters. The molecule has 1 aromatic heterocycles. The summed E-state index contributed by atoms with van der Waals surface area (Å²) < 4.78 is 0. The van der Waals surface area contributed by atoms with Crippen molar-refractivity contribution < 1.29 is 4.79 Å². The number of rotatable bonds is 4. The van der Waals surface area contributed by atoms with Gasteiger partial charge in [0.1, 0.15) is 0 Å². The number of hydrogen-bond acceptors (Lipinski definition) is 2. The van der Waals surface area contributed by atoms with Gasteiger partial charge in [-0.2, -0.15) is 0 Å². The third-order valence-electron chi connectivity index (χ3n) is 3.89. The maximum atomic E-state index is 12.0. The van der Waals surface area contributed by atoms with Crippen LogP contribution >= 0.6 is 0 Å². The predicted octanol–water partition coefficient (Wildman–Crippen LogP) is 3.00. The number of aromatic nitrogens is 1. The second-order valence-corrected chi connectivity index (χ2v) is 5.48. The van der Waals surface area contributed by atoms with E-state index in [4.69, 9.17) is 0 Å². The first-order chi connectivity index (χ1) is 10.2. The third kappa shape index (κ3) is 3.40. The summed E-state index contributed by atoms with van der Waals surface area (Å²) >= 11 is 0. The molecule has 21 heavy (non-hydrogen) atoms. The Hall–Kier alpha value is -2.36. The highest BCUT2D eigenvalue weighted by molar-refractivity contribution is 5.75. The van der Waals surface area contributed by atoms with Crippen molar-refractivity contribution in [3.8, 4) is 0 Å². The number of urea groups is 1. The Labute approximate surface area is 124 Å². The fourth-order valence-electron chi connectivity index (χ4n) is 2.57. The lowest BCUT2D eigenvalue weighted by molar-refractivity contribution is 0.237. The van der Waals surface area contributed by atoms with Gasteiger partial charge in [0, 0.05) is 24.4 Å². The van der Waals surface area contributed by atoms with Crippen LogP contribution in [0.25, 0.3) is 0 Å². The zero-order chi connectivity index (χ0) is 14.7. The van der Waals surface area contributed by atoms with Crippen molar-refractivity contribution in [3.05, 3.63) is 66.0 Å². The van der Waals surface area contributed by atoms with E-state index in [-0.39, 0.29) is 18.1 Å². The summed E-state index contributed by atoms with van der Waals surface area (Å²) in [4.78, 5) is 16.0. The Balaban J connectivity index is 1.50. The lowest BCUT2D eigenvalue weighted by atomic mass is 10.1. The average molecular weight is 281 g/mol. The minimum atomic E-state index is -0.109. The zero-order valence-corrected chi connectivity index (χ0v) is 12.0. The van der Waals surface area contributed by atoms with Gasteiger partial charge in [0.15, 0.2) is 0 Å². The summed E-state index contributed by atoms with van der Waals surface area (Å²) in [6.45, 7) is 1.97. The Morgan fingerprint density at radius 3 is 2.62 bits per heavy atom. The molecule has 1 unspecified atom stereocenters. The van der Waals surface area contributed by atoms with Gasteiger partial charge in [-0.3, -0.25) is 4.98 Å². The Morgan fingerprint density at radius 1 is 1.19 bits per heavy atom. The SMILES string of the molecule is CC(NC(=O)N[C@@H]1C[C@H]1c1ccccc1)c1ccncc1. The van der Waals surface area contributed by atoms with Gasteiger partial charge in [0.2, 0.25) is 0 Å². The monoisotopic (exact) mass is 281 g/mol. The van der Waals surface area contributed by atoms with Gasteiger partial charge < -0.3 is 10.6 Å². The van der Waals surface area contributed by atoms with Crippen molar-refractivity contribution >= 4 is 6.03 Å². The topological polar surface area (TPSA) is 54.0 Å². The Kier molecular flexibility index (Phi) is 3.86. The zero-order valence-electron chi connectivity index (χ0n) is 12.0. The number of amides is 2. The molecule has 4 heteroatoms. The van der Waals surface area contributed by atoms with E-state index in [0.717, 1.165) is 12.0 Å². The standard InChI is InChI=1S/C17H19N3O/c1-12(13-7-9-18-10-8-13)19-17(21)20-16-11-15(16)14-5-3-2-4-6-14/h2-10,12,15-16H,11H2,1H3,(H2,19,20,21)/t12?,15-,16+/m0/s1. The maximum absolute atomic E-state index is 12.0. The molecule has 0 spiro atoms. The molecule has 1 fully saturated rings.